The van der Waals surface area contributed by atoms with Gasteiger partial charge in [0.15, 0.2) is 0 Å². The zero-order valence-corrected chi connectivity index (χ0v) is 18.9. The second-order valence-corrected chi connectivity index (χ2v) is 8.22. The number of para-hydroxylation sites is 1. The number of carbonyl (C=O) groups is 1. The summed E-state index contributed by atoms with van der Waals surface area (Å²) >= 11 is 0. The minimum absolute atomic E-state index is 0.0508. The van der Waals surface area contributed by atoms with Crippen molar-refractivity contribution in [3.05, 3.63) is 91.3 Å². The second kappa shape index (κ2) is 9.40. The number of aryl methyl sites for hydroxylation is 1. The molecular formula is C23H24N6O5. The summed E-state index contributed by atoms with van der Waals surface area (Å²) in [6, 6.07) is 12.9. The molecule has 0 spiro atoms. The Morgan fingerprint density at radius 2 is 1.53 bits per heavy atom. The third kappa shape index (κ3) is 4.64. The van der Waals surface area contributed by atoms with Gasteiger partial charge >= 0.3 is 0 Å². The van der Waals surface area contributed by atoms with Gasteiger partial charge in [-0.05, 0) is 26.0 Å². The van der Waals surface area contributed by atoms with Crippen LogP contribution < -0.4 is 0 Å². The van der Waals surface area contributed by atoms with E-state index in [9.17, 15) is 25.0 Å². The first-order chi connectivity index (χ1) is 16.2. The van der Waals surface area contributed by atoms with Crippen molar-refractivity contribution in [1.82, 2.24) is 19.6 Å². The van der Waals surface area contributed by atoms with E-state index in [1.54, 1.807) is 4.90 Å². The lowest BCUT2D eigenvalue weighted by molar-refractivity contribution is -0.394. The standard InChI is InChI=1S/C23H24N6O5/c1-16-22(17(2)27(24-16)19-6-4-3-5-7-19)15-25-8-10-26(11-9-25)23(30)18-12-20(28(31)32)14-21(13-18)29(33)34/h3-7,12-14H,8-11,15H2,1-2H3. The first kappa shape index (κ1) is 23.1. The average molecular weight is 464 g/mol. The van der Waals surface area contributed by atoms with Crippen LogP contribution in [-0.2, 0) is 6.54 Å². The van der Waals surface area contributed by atoms with E-state index in [2.05, 4.69) is 10.00 Å². The normalized spacial score (nSPS) is 14.2. The van der Waals surface area contributed by atoms with Crippen LogP contribution in [0.5, 0.6) is 0 Å². The molecule has 1 fully saturated rings. The Morgan fingerprint density at radius 3 is 2.09 bits per heavy atom. The van der Waals surface area contributed by atoms with E-state index in [-0.39, 0.29) is 5.56 Å². The highest BCUT2D eigenvalue weighted by atomic mass is 16.6. The number of nitro benzene ring substituents is 2. The van der Waals surface area contributed by atoms with Crippen LogP contribution in [-0.4, -0.2) is 61.5 Å². The highest BCUT2D eigenvalue weighted by Crippen LogP contribution is 2.25. The maximum absolute atomic E-state index is 12.9. The molecule has 11 nitrogen and oxygen atoms in total. The van der Waals surface area contributed by atoms with E-state index >= 15 is 0 Å². The van der Waals surface area contributed by atoms with Gasteiger partial charge in [0.2, 0.25) is 0 Å². The SMILES string of the molecule is Cc1nn(-c2ccccc2)c(C)c1CN1CCN(C(=O)c2cc([N+](=O)[O-])cc([N+](=O)[O-])c2)CC1. The van der Waals surface area contributed by atoms with E-state index in [4.69, 9.17) is 0 Å². The minimum Gasteiger partial charge on any atom is -0.336 e. The number of hydrogen-bond donors (Lipinski definition) is 0. The van der Waals surface area contributed by atoms with Crippen LogP contribution in [0.2, 0.25) is 0 Å². The van der Waals surface area contributed by atoms with Crippen molar-refractivity contribution in [1.29, 1.82) is 0 Å². The van der Waals surface area contributed by atoms with Crippen LogP contribution >= 0.6 is 0 Å². The van der Waals surface area contributed by atoms with E-state index in [0.29, 0.717) is 32.7 Å². The van der Waals surface area contributed by atoms with E-state index in [1.807, 2.05) is 48.9 Å². The summed E-state index contributed by atoms with van der Waals surface area (Å²) in [5.41, 5.74) is 3.14. The number of rotatable bonds is 6. The third-order valence-corrected chi connectivity index (χ3v) is 6.05. The Labute approximate surface area is 195 Å². The number of non-ortho nitro benzene ring substituents is 2. The molecule has 1 aromatic heterocycles. The van der Waals surface area contributed by atoms with Crippen molar-refractivity contribution in [2.45, 2.75) is 20.4 Å². The van der Waals surface area contributed by atoms with Crippen molar-refractivity contribution >= 4 is 17.3 Å². The zero-order valence-electron chi connectivity index (χ0n) is 18.9. The number of nitrogens with zero attached hydrogens (tertiary/aromatic N) is 6. The molecule has 0 N–H and O–H groups in total. The minimum atomic E-state index is -0.734. The van der Waals surface area contributed by atoms with Crippen molar-refractivity contribution in [2.75, 3.05) is 26.2 Å². The molecule has 2 aromatic carbocycles. The lowest BCUT2D eigenvalue weighted by atomic mass is 10.1. The van der Waals surface area contributed by atoms with Crippen LogP contribution in [0.15, 0.2) is 48.5 Å². The highest BCUT2D eigenvalue weighted by molar-refractivity contribution is 5.95. The first-order valence-electron chi connectivity index (χ1n) is 10.8. The number of carbonyl (C=O) groups excluding carboxylic acids is 1. The molecule has 1 saturated heterocycles. The van der Waals surface area contributed by atoms with Gasteiger partial charge in [-0.15, -0.1) is 0 Å². The Bertz CT molecular complexity index is 1220. The Hall–Kier alpha value is -4.12. The summed E-state index contributed by atoms with van der Waals surface area (Å²) in [5, 5.41) is 27.0. The van der Waals surface area contributed by atoms with E-state index in [0.717, 1.165) is 40.8 Å². The first-order valence-corrected chi connectivity index (χ1v) is 10.8. The summed E-state index contributed by atoms with van der Waals surface area (Å²) in [7, 11) is 0. The molecule has 176 valence electrons. The maximum atomic E-state index is 12.9. The Balaban J connectivity index is 1.45. The molecule has 0 radical (unpaired) electrons. The van der Waals surface area contributed by atoms with Crippen molar-refractivity contribution in [3.63, 3.8) is 0 Å². The number of nitro groups is 2. The molecule has 0 atom stereocenters. The molecular weight excluding hydrogens is 440 g/mol. The highest BCUT2D eigenvalue weighted by Gasteiger charge is 2.27. The van der Waals surface area contributed by atoms with Gasteiger partial charge < -0.3 is 4.90 Å². The molecule has 2 heterocycles. The summed E-state index contributed by atoms with van der Waals surface area (Å²) in [6.07, 6.45) is 0. The van der Waals surface area contributed by atoms with Crippen LogP contribution in [0.1, 0.15) is 27.3 Å². The van der Waals surface area contributed by atoms with Gasteiger partial charge in [-0.3, -0.25) is 29.9 Å². The van der Waals surface area contributed by atoms with Crippen LogP contribution in [0.4, 0.5) is 11.4 Å². The van der Waals surface area contributed by atoms with Gasteiger partial charge in [0.25, 0.3) is 17.3 Å². The monoisotopic (exact) mass is 464 g/mol. The Kier molecular flexibility index (Phi) is 6.37. The van der Waals surface area contributed by atoms with Gasteiger partial charge in [-0.1, -0.05) is 18.2 Å². The summed E-state index contributed by atoms with van der Waals surface area (Å²) in [6.45, 7) is 6.76. The molecule has 4 rings (SSSR count). The van der Waals surface area contributed by atoms with Crippen molar-refractivity contribution in [2.24, 2.45) is 0 Å². The van der Waals surface area contributed by atoms with Gasteiger partial charge in [0.1, 0.15) is 0 Å². The fourth-order valence-electron chi connectivity index (χ4n) is 4.17. The molecule has 0 bridgehead atoms. The van der Waals surface area contributed by atoms with Crippen LogP contribution in [0.3, 0.4) is 0 Å². The molecule has 11 heteroatoms. The van der Waals surface area contributed by atoms with Crippen molar-refractivity contribution in [3.8, 4) is 5.69 Å². The van der Waals surface area contributed by atoms with E-state index in [1.165, 1.54) is 0 Å². The largest absolute Gasteiger partial charge is 0.336 e. The smallest absolute Gasteiger partial charge is 0.277 e. The Morgan fingerprint density at radius 1 is 0.941 bits per heavy atom. The topological polar surface area (TPSA) is 128 Å². The summed E-state index contributed by atoms with van der Waals surface area (Å²) in [4.78, 5) is 37.5. The third-order valence-electron chi connectivity index (χ3n) is 6.05. The predicted octanol–water partition coefficient (Wildman–Crippen LogP) is 3.26. The van der Waals surface area contributed by atoms with Gasteiger partial charge in [0.05, 0.1) is 32.9 Å². The van der Waals surface area contributed by atoms with E-state index < -0.39 is 27.1 Å². The molecule has 0 aliphatic carbocycles. The number of piperazine rings is 1. The molecule has 1 amide bonds. The number of hydrogen-bond acceptors (Lipinski definition) is 7. The molecule has 0 unspecified atom stereocenters. The van der Waals surface area contributed by atoms with Gasteiger partial charge in [0, 0.05) is 56.1 Å². The van der Waals surface area contributed by atoms with Gasteiger partial charge in [-0.2, -0.15) is 5.10 Å². The van der Waals surface area contributed by atoms with Crippen molar-refractivity contribution < 1.29 is 14.6 Å². The molecule has 1 aliphatic rings. The summed E-state index contributed by atoms with van der Waals surface area (Å²) in [5.74, 6) is -0.448. The molecule has 3 aromatic rings. The fraction of sp³-hybridized carbons (Fsp3) is 0.304. The number of aromatic nitrogens is 2. The summed E-state index contributed by atoms with van der Waals surface area (Å²) < 4.78 is 1.93. The molecule has 1 aliphatic heterocycles. The molecule has 34 heavy (non-hydrogen) atoms. The average Bonchev–Trinajstić information content (AvgIpc) is 3.12. The number of benzene rings is 2. The molecule has 0 saturated carbocycles. The van der Waals surface area contributed by atoms with Crippen LogP contribution in [0, 0.1) is 34.1 Å². The predicted molar refractivity (Wildman–Crippen MR) is 124 cm³/mol. The fourth-order valence-corrected chi connectivity index (χ4v) is 4.17. The van der Waals surface area contributed by atoms with Gasteiger partial charge in [-0.25, -0.2) is 4.68 Å². The number of amides is 1. The zero-order chi connectivity index (χ0) is 24.4. The lowest BCUT2D eigenvalue weighted by Gasteiger charge is -2.34. The quantitative estimate of drug-likeness (QED) is 0.404. The lowest BCUT2D eigenvalue weighted by Crippen LogP contribution is -2.48. The maximum Gasteiger partial charge on any atom is 0.277 e. The second-order valence-electron chi connectivity index (χ2n) is 8.22. The van der Waals surface area contributed by atoms with Crippen LogP contribution in [0.25, 0.3) is 5.69 Å².